The van der Waals surface area contributed by atoms with Crippen molar-refractivity contribution in [2.45, 2.75) is 19.2 Å². The summed E-state index contributed by atoms with van der Waals surface area (Å²) in [5.41, 5.74) is 2.02. The zero-order chi connectivity index (χ0) is 17.4. The maximum atomic E-state index is 12.5. The molecular formula is C17H15F3N4O. The summed E-state index contributed by atoms with van der Waals surface area (Å²) < 4.78 is 41.4. The van der Waals surface area contributed by atoms with Crippen LogP contribution in [0.15, 0.2) is 36.5 Å². The average molecular weight is 348 g/mol. The van der Waals surface area contributed by atoms with Gasteiger partial charge >= 0.3 is 6.36 Å². The summed E-state index contributed by atoms with van der Waals surface area (Å²) in [5.74, 6) is 0.588. The Morgan fingerprint density at radius 1 is 1.08 bits per heavy atom. The van der Waals surface area contributed by atoms with Crippen molar-refractivity contribution in [2.24, 2.45) is 0 Å². The second kappa shape index (κ2) is 5.94. The number of H-pyrrole nitrogens is 1. The number of pyridine rings is 1. The second-order valence-corrected chi connectivity index (χ2v) is 5.92. The van der Waals surface area contributed by atoms with E-state index in [1.54, 1.807) is 12.3 Å². The number of benzene rings is 1. The highest BCUT2D eigenvalue weighted by molar-refractivity contribution is 5.94. The van der Waals surface area contributed by atoms with Crippen molar-refractivity contribution in [2.75, 3.05) is 18.0 Å². The second-order valence-electron chi connectivity index (χ2n) is 5.92. The number of alkyl halides is 3. The fourth-order valence-electron chi connectivity index (χ4n) is 3.10. The van der Waals surface area contributed by atoms with Crippen LogP contribution in [0, 0.1) is 0 Å². The molecule has 25 heavy (non-hydrogen) atoms. The van der Waals surface area contributed by atoms with Crippen molar-refractivity contribution < 1.29 is 17.9 Å². The van der Waals surface area contributed by atoms with Crippen LogP contribution in [0.25, 0.3) is 22.2 Å². The van der Waals surface area contributed by atoms with Gasteiger partial charge in [0.05, 0.1) is 5.52 Å². The van der Waals surface area contributed by atoms with E-state index in [0.717, 1.165) is 37.3 Å². The van der Waals surface area contributed by atoms with E-state index in [-0.39, 0.29) is 5.75 Å². The molecule has 3 heterocycles. The quantitative estimate of drug-likeness (QED) is 0.773. The van der Waals surface area contributed by atoms with E-state index in [1.807, 2.05) is 6.07 Å². The SMILES string of the molecule is FC(F)(F)Oc1ccc2[nH]nc(-c3ccnc(N4CCCC4)c3)c2c1. The number of hydrogen-bond donors (Lipinski definition) is 1. The van der Waals surface area contributed by atoms with E-state index < -0.39 is 6.36 Å². The zero-order valence-electron chi connectivity index (χ0n) is 13.2. The van der Waals surface area contributed by atoms with Gasteiger partial charge in [-0.1, -0.05) is 0 Å². The van der Waals surface area contributed by atoms with Gasteiger partial charge in [0.25, 0.3) is 0 Å². The van der Waals surface area contributed by atoms with Crippen LogP contribution in [0.1, 0.15) is 12.8 Å². The number of aromatic nitrogens is 3. The summed E-state index contributed by atoms with van der Waals surface area (Å²) in [6.07, 6.45) is -0.762. The van der Waals surface area contributed by atoms with Crippen molar-refractivity contribution in [1.29, 1.82) is 0 Å². The minimum Gasteiger partial charge on any atom is -0.406 e. The molecule has 2 aromatic heterocycles. The number of halogens is 3. The first-order chi connectivity index (χ1) is 12.0. The minimum absolute atomic E-state index is 0.267. The molecule has 0 radical (unpaired) electrons. The number of fused-ring (bicyclic) bond motifs is 1. The molecule has 0 bridgehead atoms. The molecule has 1 N–H and O–H groups in total. The number of nitrogens with zero attached hydrogens (tertiary/aromatic N) is 3. The first-order valence-electron chi connectivity index (χ1n) is 7.95. The van der Waals surface area contributed by atoms with Crippen LogP contribution in [0.4, 0.5) is 19.0 Å². The number of nitrogens with one attached hydrogen (secondary N) is 1. The molecule has 1 aromatic carbocycles. The summed E-state index contributed by atoms with van der Waals surface area (Å²) in [5, 5.41) is 7.68. The monoisotopic (exact) mass is 348 g/mol. The van der Waals surface area contributed by atoms with Crippen molar-refractivity contribution in [3.63, 3.8) is 0 Å². The van der Waals surface area contributed by atoms with Crippen LogP contribution in [0.5, 0.6) is 5.75 Å². The standard InChI is InChI=1S/C17H15F3N4O/c18-17(19,20)25-12-3-4-14-13(10-12)16(23-22-14)11-5-6-21-15(9-11)24-7-1-2-8-24/h3-6,9-10H,1-2,7-8H2,(H,22,23). The molecule has 1 saturated heterocycles. The van der Waals surface area contributed by atoms with Crippen molar-refractivity contribution in [1.82, 2.24) is 15.2 Å². The lowest BCUT2D eigenvalue weighted by molar-refractivity contribution is -0.274. The van der Waals surface area contributed by atoms with E-state index in [4.69, 9.17) is 0 Å². The molecule has 8 heteroatoms. The normalized spacial score (nSPS) is 15.1. The lowest BCUT2D eigenvalue weighted by atomic mass is 10.1. The number of ether oxygens (including phenoxy) is 1. The molecule has 0 unspecified atom stereocenters. The lowest BCUT2D eigenvalue weighted by Gasteiger charge is -2.16. The Morgan fingerprint density at radius 2 is 1.88 bits per heavy atom. The van der Waals surface area contributed by atoms with Crippen LogP contribution in [-0.4, -0.2) is 34.6 Å². The zero-order valence-corrected chi connectivity index (χ0v) is 13.2. The molecule has 4 rings (SSSR count). The smallest absolute Gasteiger partial charge is 0.406 e. The molecule has 0 atom stereocenters. The maximum Gasteiger partial charge on any atom is 0.573 e. The van der Waals surface area contributed by atoms with Crippen LogP contribution in [0.3, 0.4) is 0 Å². The summed E-state index contributed by atoms with van der Waals surface area (Å²) >= 11 is 0. The summed E-state index contributed by atoms with van der Waals surface area (Å²) in [7, 11) is 0. The fraction of sp³-hybridized carbons (Fsp3) is 0.294. The Labute approximate surface area is 141 Å². The third kappa shape index (κ3) is 3.24. The molecule has 1 aliphatic rings. The number of aromatic amines is 1. The third-order valence-corrected chi connectivity index (χ3v) is 4.22. The fourth-order valence-corrected chi connectivity index (χ4v) is 3.10. The Bertz CT molecular complexity index is 900. The van der Waals surface area contributed by atoms with E-state index in [9.17, 15) is 13.2 Å². The molecule has 0 aliphatic carbocycles. The van der Waals surface area contributed by atoms with Gasteiger partial charge in [-0.25, -0.2) is 4.98 Å². The van der Waals surface area contributed by atoms with Crippen molar-refractivity contribution >= 4 is 16.7 Å². The van der Waals surface area contributed by atoms with E-state index in [1.165, 1.54) is 18.2 Å². The molecular weight excluding hydrogens is 333 g/mol. The maximum absolute atomic E-state index is 12.5. The highest BCUT2D eigenvalue weighted by atomic mass is 19.4. The first-order valence-corrected chi connectivity index (χ1v) is 7.95. The van der Waals surface area contributed by atoms with Crippen LogP contribution in [-0.2, 0) is 0 Å². The van der Waals surface area contributed by atoms with Gasteiger partial charge in [-0.3, -0.25) is 5.10 Å². The van der Waals surface area contributed by atoms with E-state index >= 15 is 0 Å². The largest absolute Gasteiger partial charge is 0.573 e. The van der Waals surface area contributed by atoms with Crippen LogP contribution >= 0.6 is 0 Å². The van der Waals surface area contributed by atoms with Crippen molar-refractivity contribution in [3.8, 4) is 17.0 Å². The minimum atomic E-state index is -4.73. The van der Waals surface area contributed by atoms with Gasteiger partial charge in [-0.15, -0.1) is 13.2 Å². The average Bonchev–Trinajstić information content (AvgIpc) is 3.23. The molecule has 130 valence electrons. The number of anilines is 1. The van der Waals surface area contributed by atoms with E-state index in [0.29, 0.717) is 16.6 Å². The molecule has 0 saturated carbocycles. The Balaban J connectivity index is 1.73. The highest BCUT2D eigenvalue weighted by Gasteiger charge is 2.31. The number of hydrogen-bond acceptors (Lipinski definition) is 4. The molecule has 5 nitrogen and oxygen atoms in total. The number of rotatable bonds is 3. The molecule has 0 amide bonds. The Hall–Kier alpha value is -2.77. The van der Waals surface area contributed by atoms with E-state index in [2.05, 4.69) is 24.8 Å². The first kappa shape index (κ1) is 15.7. The van der Waals surface area contributed by atoms with Gasteiger partial charge in [0.15, 0.2) is 0 Å². The highest BCUT2D eigenvalue weighted by Crippen LogP contribution is 2.32. The topological polar surface area (TPSA) is 54.0 Å². The van der Waals surface area contributed by atoms with Gasteiger partial charge < -0.3 is 9.64 Å². The van der Waals surface area contributed by atoms with Crippen LogP contribution in [0.2, 0.25) is 0 Å². The Morgan fingerprint density at radius 3 is 2.64 bits per heavy atom. The molecule has 3 aromatic rings. The lowest BCUT2D eigenvalue weighted by Crippen LogP contribution is -2.18. The van der Waals surface area contributed by atoms with Crippen LogP contribution < -0.4 is 9.64 Å². The van der Waals surface area contributed by atoms with Gasteiger partial charge in [0.1, 0.15) is 17.3 Å². The predicted molar refractivity (Wildman–Crippen MR) is 87.5 cm³/mol. The predicted octanol–water partition coefficient (Wildman–Crippen LogP) is 4.12. The molecule has 1 aliphatic heterocycles. The molecule has 1 fully saturated rings. The Kier molecular flexibility index (Phi) is 3.74. The third-order valence-electron chi connectivity index (χ3n) is 4.22. The van der Waals surface area contributed by atoms with Gasteiger partial charge in [-0.05, 0) is 43.2 Å². The summed E-state index contributed by atoms with van der Waals surface area (Å²) in [4.78, 5) is 6.58. The van der Waals surface area contributed by atoms with Gasteiger partial charge in [0.2, 0.25) is 0 Å². The summed E-state index contributed by atoms with van der Waals surface area (Å²) in [6.45, 7) is 1.92. The summed E-state index contributed by atoms with van der Waals surface area (Å²) in [6, 6.07) is 7.85. The van der Waals surface area contributed by atoms with Crippen molar-refractivity contribution in [3.05, 3.63) is 36.5 Å². The van der Waals surface area contributed by atoms with Gasteiger partial charge in [0, 0.05) is 30.2 Å². The molecule has 0 spiro atoms. The van der Waals surface area contributed by atoms with Gasteiger partial charge in [-0.2, -0.15) is 5.10 Å².